The maximum absolute atomic E-state index is 6.51. The van der Waals surface area contributed by atoms with Gasteiger partial charge in [-0.2, -0.15) is 0 Å². The number of nitrogens with zero attached hydrogens (tertiary/aromatic N) is 1. The average Bonchev–Trinajstić information content (AvgIpc) is 3.58. The Morgan fingerprint density at radius 1 is 0.600 bits per heavy atom. The first-order chi connectivity index (χ1) is 17.1. The minimum atomic E-state index is -0.0220. The second kappa shape index (κ2) is 5.67. The van der Waals surface area contributed by atoms with E-state index in [0.717, 1.165) is 11.2 Å². The van der Waals surface area contributed by atoms with Gasteiger partial charge in [0.15, 0.2) is 0 Å². The number of aromatic nitrogens is 1. The molecule has 0 radical (unpaired) electrons. The molecule has 164 valence electrons. The Kier molecular flexibility index (Phi) is 2.93. The molecule has 1 aliphatic rings. The molecule has 0 fully saturated rings. The van der Waals surface area contributed by atoms with Crippen molar-refractivity contribution < 1.29 is 4.42 Å². The molecule has 0 bridgehead atoms. The molecule has 0 saturated carbocycles. The van der Waals surface area contributed by atoms with Crippen molar-refractivity contribution in [2.45, 2.75) is 19.3 Å². The first kappa shape index (κ1) is 18.1. The quantitative estimate of drug-likeness (QED) is 0.227. The summed E-state index contributed by atoms with van der Waals surface area (Å²) in [4.78, 5) is 0. The van der Waals surface area contributed by atoms with E-state index in [9.17, 15) is 0 Å². The summed E-state index contributed by atoms with van der Waals surface area (Å²) >= 11 is 0. The summed E-state index contributed by atoms with van der Waals surface area (Å²) in [5.41, 5.74) is 11.2. The summed E-state index contributed by atoms with van der Waals surface area (Å²) in [5.74, 6) is 0. The monoisotopic (exact) mass is 447 g/mol. The lowest BCUT2D eigenvalue weighted by atomic mass is 9.82. The van der Waals surface area contributed by atoms with Gasteiger partial charge < -0.3 is 8.82 Å². The molecule has 9 rings (SSSR count). The van der Waals surface area contributed by atoms with Crippen LogP contribution in [0.2, 0.25) is 0 Å². The minimum Gasteiger partial charge on any atom is -0.455 e. The summed E-state index contributed by atoms with van der Waals surface area (Å²) in [5, 5.41) is 7.48. The van der Waals surface area contributed by atoms with Gasteiger partial charge in [-0.05, 0) is 52.6 Å². The Labute approximate surface area is 201 Å². The lowest BCUT2D eigenvalue weighted by Crippen LogP contribution is -2.14. The zero-order chi connectivity index (χ0) is 23.1. The van der Waals surface area contributed by atoms with Crippen LogP contribution in [0.4, 0.5) is 0 Å². The van der Waals surface area contributed by atoms with E-state index < -0.39 is 0 Å². The molecule has 0 unspecified atom stereocenters. The Bertz CT molecular complexity index is 2190. The van der Waals surface area contributed by atoms with Gasteiger partial charge in [-0.3, -0.25) is 0 Å². The Morgan fingerprint density at radius 2 is 1.37 bits per heavy atom. The smallest absolute Gasteiger partial charge is 0.145 e. The fourth-order valence-corrected chi connectivity index (χ4v) is 6.92. The van der Waals surface area contributed by atoms with Gasteiger partial charge in [0.05, 0.1) is 21.9 Å². The van der Waals surface area contributed by atoms with E-state index in [-0.39, 0.29) is 5.41 Å². The first-order valence-electron chi connectivity index (χ1n) is 12.3. The summed E-state index contributed by atoms with van der Waals surface area (Å²) in [6, 6.07) is 33.3. The molecule has 0 N–H and O–H groups in total. The molecule has 5 aromatic carbocycles. The Hall–Kier alpha value is -4.30. The zero-order valence-electron chi connectivity index (χ0n) is 19.5. The highest BCUT2D eigenvalue weighted by atomic mass is 16.3. The van der Waals surface area contributed by atoms with Crippen molar-refractivity contribution in [3.05, 3.63) is 102 Å². The second-order valence-corrected chi connectivity index (χ2v) is 10.6. The van der Waals surface area contributed by atoms with Gasteiger partial charge in [0.2, 0.25) is 0 Å². The molecule has 3 heterocycles. The van der Waals surface area contributed by atoms with E-state index in [4.69, 9.17) is 4.42 Å². The van der Waals surface area contributed by atoms with E-state index in [1.54, 1.807) is 0 Å². The molecule has 3 aromatic heterocycles. The summed E-state index contributed by atoms with van der Waals surface area (Å²) in [7, 11) is 0. The van der Waals surface area contributed by atoms with Crippen molar-refractivity contribution in [1.29, 1.82) is 0 Å². The molecule has 35 heavy (non-hydrogen) atoms. The number of para-hydroxylation sites is 2. The van der Waals surface area contributed by atoms with Crippen LogP contribution >= 0.6 is 0 Å². The van der Waals surface area contributed by atoms with Crippen LogP contribution in [0.25, 0.3) is 71.2 Å². The molecule has 1 aliphatic carbocycles. The largest absolute Gasteiger partial charge is 0.455 e. The Balaban J connectivity index is 1.58. The van der Waals surface area contributed by atoms with Crippen molar-refractivity contribution >= 4 is 60.0 Å². The lowest BCUT2D eigenvalue weighted by Gasteiger charge is -2.21. The number of benzene rings is 5. The van der Waals surface area contributed by atoms with Crippen molar-refractivity contribution in [3.63, 3.8) is 0 Å². The minimum absolute atomic E-state index is 0.0220. The van der Waals surface area contributed by atoms with Crippen LogP contribution in [-0.2, 0) is 5.41 Å². The number of fused-ring (bicyclic) bond motifs is 13. The molecular formula is C33H21NO. The third kappa shape index (κ3) is 1.93. The van der Waals surface area contributed by atoms with Crippen LogP contribution < -0.4 is 0 Å². The van der Waals surface area contributed by atoms with E-state index >= 15 is 0 Å². The third-order valence-electron chi connectivity index (χ3n) is 8.51. The topological polar surface area (TPSA) is 17.6 Å². The average molecular weight is 448 g/mol. The fourth-order valence-electron chi connectivity index (χ4n) is 6.92. The van der Waals surface area contributed by atoms with Crippen LogP contribution in [-0.4, -0.2) is 4.40 Å². The van der Waals surface area contributed by atoms with E-state index in [2.05, 4.69) is 109 Å². The predicted molar refractivity (Wildman–Crippen MR) is 146 cm³/mol. The standard InChI is InChI=1S/C33H21NO/c1-33(2)25-12-6-3-9-18(25)21-17-28-22(16-26(21)33)23-15-24-19-10-5-8-14-29(19)35-32(24)30-20-11-4-7-13-27(20)34(28)31(23)30/h3-17H,1-2H3. The normalized spacial score (nSPS) is 14.8. The highest BCUT2D eigenvalue weighted by Crippen LogP contribution is 2.52. The molecule has 0 spiro atoms. The van der Waals surface area contributed by atoms with E-state index in [1.165, 1.54) is 71.1 Å². The van der Waals surface area contributed by atoms with Crippen LogP contribution in [0, 0.1) is 0 Å². The number of furan rings is 1. The molecule has 2 heteroatoms. The first-order valence-corrected chi connectivity index (χ1v) is 12.3. The van der Waals surface area contributed by atoms with Gasteiger partial charge in [0, 0.05) is 32.3 Å². The van der Waals surface area contributed by atoms with Crippen LogP contribution in [0.1, 0.15) is 25.0 Å². The zero-order valence-corrected chi connectivity index (χ0v) is 19.5. The third-order valence-corrected chi connectivity index (χ3v) is 8.51. The SMILES string of the molecule is CC1(C)c2ccccc2-c2cc3c(cc21)c1cc2c4ccccc4oc2c2c4ccccc4n3c12. The van der Waals surface area contributed by atoms with Gasteiger partial charge in [0.1, 0.15) is 11.2 Å². The van der Waals surface area contributed by atoms with Crippen LogP contribution in [0.3, 0.4) is 0 Å². The van der Waals surface area contributed by atoms with Gasteiger partial charge in [-0.25, -0.2) is 0 Å². The molecule has 0 amide bonds. The lowest BCUT2D eigenvalue weighted by molar-refractivity contribution is 0.661. The van der Waals surface area contributed by atoms with Crippen LogP contribution in [0.5, 0.6) is 0 Å². The van der Waals surface area contributed by atoms with Crippen molar-refractivity contribution in [1.82, 2.24) is 4.40 Å². The van der Waals surface area contributed by atoms with E-state index in [0.29, 0.717) is 0 Å². The molecule has 2 nitrogen and oxygen atoms in total. The fraction of sp³-hybridized carbons (Fsp3) is 0.0909. The van der Waals surface area contributed by atoms with E-state index in [1.807, 2.05) is 0 Å². The van der Waals surface area contributed by atoms with Gasteiger partial charge in [-0.15, -0.1) is 0 Å². The van der Waals surface area contributed by atoms with Crippen molar-refractivity contribution in [2.75, 3.05) is 0 Å². The van der Waals surface area contributed by atoms with Crippen molar-refractivity contribution in [2.24, 2.45) is 0 Å². The van der Waals surface area contributed by atoms with Crippen molar-refractivity contribution in [3.8, 4) is 11.1 Å². The summed E-state index contributed by atoms with van der Waals surface area (Å²) < 4.78 is 8.98. The maximum atomic E-state index is 6.51. The predicted octanol–water partition coefficient (Wildman–Crippen LogP) is 9.04. The molecule has 0 atom stereocenters. The second-order valence-electron chi connectivity index (χ2n) is 10.6. The summed E-state index contributed by atoms with van der Waals surface area (Å²) in [6.07, 6.45) is 0. The molecular weight excluding hydrogens is 426 g/mol. The number of rotatable bonds is 0. The molecule has 0 saturated heterocycles. The highest BCUT2D eigenvalue weighted by Gasteiger charge is 2.36. The van der Waals surface area contributed by atoms with Gasteiger partial charge >= 0.3 is 0 Å². The van der Waals surface area contributed by atoms with Gasteiger partial charge in [-0.1, -0.05) is 74.5 Å². The number of hydrogen-bond acceptors (Lipinski definition) is 1. The van der Waals surface area contributed by atoms with Crippen LogP contribution in [0.15, 0.2) is 95.4 Å². The highest BCUT2D eigenvalue weighted by molar-refractivity contribution is 6.33. The van der Waals surface area contributed by atoms with Gasteiger partial charge in [0.25, 0.3) is 0 Å². The number of hydrogen-bond donors (Lipinski definition) is 0. The summed E-state index contributed by atoms with van der Waals surface area (Å²) in [6.45, 7) is 4.72. The molecule has 0 aliphatic heterocycles. The molecule has 8 aromatic rings. The maximum Gasteiger partial charge on any atom is 0.145 e. The Morgan fingerprint density at radius 3 is 2.29 bits per heavy atom.